The summed E-state index contributed by atoms with van der Waals surface area (Å²) in [6, 6.07) is 33.3. The molecule has 5 aromatic rings. The zero-order valence-electron chi connectivity index (χ0n) is 34.5. The Morgan fingerprint density at radius 2 is 1.27 bits per heavy atom. The normalized spacial score (nSPS) is 18.2. The van der Waals surface area contributed by atoms with Gasteiger partial charge in [0.2, 0.25) is 11.8 Å². The molecule has 2 saturated heterocycles. The summed E-state index contributed by atoms with van der Waals surface area (Å²) in [7, 11) is 0. The molecule has 0 unspecified atom stereocenters. The second kappa shape index (κ2) is 17.7. The zero-order valence-corrected chi connectivity index (χ0v) is 34.5. The van der Waals surface area contributed by atoms with Crippen LogP contribution in [0.15, 0.2) is 115 Å². The second-order valence-electron chi connectivity index (χ2n) is 16.6. The highest BCUT2D eigenvalue weighted by Gasteiger charge is 2.39. The fourth-order valence-corrected chi connectivity index (χ4v) is 8.13. The third-order valence-corrected chi connectivity index (χ3v) is 11.3. The fraction of sp³-hybridized carbons (Fsp3) is 0.354. The lowest BCUT2D eigenvalue weighted by Gasteiger charge is -2.30. The average molecular weight is 795 g/mol. The van der Waals surface area contributed by atoms with Crippen molar-refractivity contribution in [1.29, 1.82) is 0 Å². The minimum atomic E-state index is -0.996. The summed E-state index contributed by atoms with van der Waals surface area (Å²) in [5.74, 6) is 0.135. The van der Waals surface area contributed by atoms with Crippen molar-refractivity contribution in [3.63, 3.8) is 0 Å². The molecule has 3 heterocycles. The molecule has 11 heteroatoms. The third kappa shape index (κ3) is 9.57. The Bertz CT molecular complexity index is 2230. The van der Waals surface area contributed by atoms with Gasteiger partial charge in [0.1, 0.15) is 23.5 Å². The predicted octanol–water partition coefficient (Wildman–Crippen LogP) is 8.65. The molecular weight excluding hydrogens is 741 g/mol. The summed E-state index contributed by atoms with van der Waals surface area (Å²) < 4.78 is 5.47. The van der Waals surface area contributed by atoms with Crippen molar-refractivity contribution in [1.82, 2.24) is 30.4 Å². The lowest BCUT2D eigenvalue weighted by molar-refractivity contribution is -0.140. The van der Waals surface area contributed by atoms with Crippen LogP contribution >= 0.6 is 0 Å². The highest BCUT2D eigenvalue weighted by Crippen LogP contribution is 2.35. The first kappa shape index (κ1) is 40.9. The first-order valence-electron chi connectivity index (χ1n) is 20.6. The molecule has 2 aliphatic rings. The van der Waals surface area contributed by atoms with Crippen LogP contribution in [0.4, 0.5) is 4.79 Å². The summed E-state index contributed by atoms with van der Waals surface area (Å²) in [6.07, 6.45) is 4.17. The highest BCUT2D eigenvalue weighted by atomic mass is 16.6. The maximum Gasteiger partial charge on any atom is 0.408 e. The first-order chi connectivity index (χ1) is 28.4. The molecule has 59 heavy (non-hydrogen) atoms. The summed E-state index contributed by atoms with van der Waals surface area (Å²) in [4.78, 5) is 65.8. The number of aromatic amines is 1. The van der Waals surface area contributed by atoms with E-state index < -0.39 is 23.8 Å². The van der Waals surface area contributed by atoms with Gasteiger partial charge in [-0.2, -0.15) is 0 Å². The van der Waals surface area contributed by atoms with Gasteiger partial charge in [0.05, 0.1) is 29.9 Å². The van der Waals surface area contributed by atoms with Crippen LogP contribution in [0.1, 0.15) is 107 Å². The molecule has 5 atom stereocenters. The number of amides is 4. The Hall–Kier alpha value is -6.23. The van der Waals surface area contributed by atoms with Crippen molar-refractivity contribution < 1.29 is 23.9 Å². The number of nitrogens with one attached hydrogen (secondary N) is 3. The van der Waals surface area contributed by atoms with E-state index in [2.05, 4.69) is 39.9 Å². The number of imidazole rings is 1. The Balaban J connectivity index is 0.965. The SMILES string of the molecule is C[C@@H](NC(=O)[C@@H]1CCCN1C(=O)[C@H](NC(=O)OC(C)(C)C)c1ccccc1)c1ccc(-c2ccc(-c3cnc([C@@H]4CCCN4C(=O)[C@H](C)c4ccccc4)[nH]3)cc2)cc1. The summed E-state index contributed by atoms with van der Waals surface area (Å²) in [5.41, 5.74) is 5.82. The molecule has 4 aromatic carbocycles. The minimum absolute atomic E-state index is 0.0768. The zero-order chi connectivity index (χ0) is 41.7. The molecule has 0 radical (unpaired) electrons. The van der Waals surface area contributed by atoms with Crippen molar-refractivity contribution in [3.8, 4) is 22.4 Å². The number of nitrogens with zero attached hydrogens (tertiary/aromatic N) is 3. The van der Waals surface area contributed by atoms with Gasteiger partial charge in [-0.3, -0.25) is 14.4 Å². The Labute approximate surface area is 346 Å². The molecule has 0 saturated carbocycles. The number of likely N-dealkylation sites (tertiary alicyclic amines) is 2. The van der Waals surface area contributed by atoms with E-state index in [4.69, 9.17) is 9.72 Å². The molecule has 11 nitrogen and oxygen atoms in total. The van der Waals surface area contributed by atoms with Crippen molar-refractivity contribution in [2.24, 2.45) is 0 Å². The first-order valence-corrected chi connectivity index (χ1v) is 20.6. The highest BCUT2D eigenvalue weighted by molar-refractivity contribution is 5.92. The molecule has 7 rings (SSSR count). The topological polar surface area (TPSA) is 137 Å². The number of rotatable bonds is 11. The summed E-state index contributed by atoms with van der Waals surface area (Å²) >= 11 is 0. The van der Waals surface area contributed by atoms with E-state index in [1.165, 1.54) is 0 Å². The number of hydrogen-bond donors (Lipinski definition) is 3. The van der Waals surface area contributed by atoms with E-state index in [1.807, 2.05) is 97.7 Å². The lowest BCUT2D eigenvalue weighted by atomic mass is 9.99. The minimum Gasteiger partial charge on any atom is -0.444 e. The van der Waals surface area contributed by atoms with E-state index in [1.54, 1.807) is 37.8 Å². The van der Waals surface area contributed by atoms with Crippen molar-refractivity contribution in [2.45, 2.75) is 96.0 Å². The molecule has 0 spiro atoms. The van der Waals surface area contributed by atoms with Gasteiger partial charge in [-0.15, -0.1) is 0 Å². The predicted molar refractivity (Wildman–Crippen MR) is 228 cm³/mol. The number of alkyl carbamates (subject to hydrolysis) is 1. The van der Waals surface area contributed by atoms with Crippen molar-refractivity contribution in [2.75, 3.05) is 13.1 Å². The van der Waals surface area contributed by atoms with E-state index in [0.717, 1.165) is 58.7 Å². The third-order valence-electron chi connectivity index (χ3n) is 11.3. The lowest BCUT2D eigenvalue weighted by Crippen LogP contribution is -2.50. The van der Waals surface area contributed by atoms with E-state index >= 15 is 0 Å². The summed E-state index contributed by atoms with van der Waals surface area (Å²) in [5, 5.41) is 5.87. The molecule has 0 aliphatic carbocycles. The van der Waals surface area contributed by atoms with Gasteiger partial charge < -0.3 is 30.2 Å². The van der Waals surface area contributed by atoms with Crippen LogP contribution < -0.4 is 10.6 Å². The van der Waals surface area contributed by atoms with Crippen molar-refractivity contribution >= 4 is 23.8 Å². The molecule has 4 amide bonds. The number of aromatic nitrogens is 2. The quantitative estimate of drug-likeness (QED) is 0.123. The smallest absolute Gasteiger partial charge is 0.408 e. The van der Waals surface area contributed by atoms with Crippen LogP contribution in [0.2, 0.25) is 0 Å². The molecule has 0 bridgehead atoms. The standard InChI is InChI=1S/C48H54N6O5/c1-31(33-14-8-6-9-15-33)45(56)53-28-12-18-40(53)43-49-30-39(51-43)37-26-24-36(25-27-37)35-22-20-34(21-23-35)32(2)50-44(55)41-19-13-29-54(41)46(57)42(38-16-10-7-11-17-38)52-47(58)59-48(3,4)5/h6-11,14-17,20-27,30-32,40-42H,12-13,18-19,28-29H2,1-5H3,(H,49,51)(H,50,55)(H,52,58)/t31-,32-,40+,41+,42-/m1/s1. The van der Waals surface area contributed by atoms with Gasteiger partial charge in [-0.05, 0) is 93.7 Å². The molecular formula is C48H54N6O5. The van der Waals surface area contributed by atoms with Gasteiger partial charge in [0.25, 0.3) is 5.91 Å². The number of H-pyrrole nitrogens is 1. The van der Waals surface area contributed by atoms with Crippen LogP contribution in [0.25, 0.3) is 22.4 Å². The molecule has 1 aromatic heterocycles. The van der Waals surface area contributed by atoms with Crippen LogP contribution in [-0.2, 0) is 19.1 Å². The number of benzene rings is 4. The largest absolute Gasteiger partial charge is 0.444 e. The fourth-order valence-electron chi connectivity index (χ4n) is 8.13. The Kier molecular flexibility index (Phi) is 12.3. The van der Waals surface area contributed by atoms with Crippen LogP contribution in [0.5, 0.6) is 0 Å². The maximum absolute atomic E-state index is 14.0. The van der Waals surface area contributed by atoms with Crippen LogP contribution in [0, 0.1) is 0 Å². The van der Waals surface area contributed by atoms with Gasteiger partial charge in [0, 0.05) is 13.1 Å². The van der Waals surface area contributed by atoms with Gasteiger partial charge >= 0.3 is 6.09 Å². The van der Waals surface area contributed by atoms with Crippen LogP contribution in [0.3, 0.4) is 0 Å². The van der Waals surface area contributed by atoms with E-state index in [9.17, 15) is 19.2 Å². The van der Waals surface area contributed by atoms with E-state index in [-0.39, 0.29) is 35.7 Å². The number of carbonyl (C=O) groups is 4. The monoisotopic (exact) mass is 794 g/mol. The van der Waals surface area contributed by atoms with Crippen LogP contribution in [-0.4, -0.2) is 68.3 Å². The Morgan fingerprint density at radius 1 is 0.695 bits per heavy atom. The van der Waals surface area contributed by atoms with Gasteiger partial charge in [-0.25, -0.2) is 9.78 Å². The number of carbonyl (C=O) groups excluding carboxylic acids is 4. The van der Waals surface area contributed by atoms with Gasteiger partial charge in [0.15, 0.2) is 0 Å². The van der Waals surface area contributed by atoms with Crippen molar-refractivity contribution in [3.05, 3.63) is 138 Å². The Morgan fingerprint density at radius 3 is 1.92 bits per heavy atom. The molecule has 3 N–H and O–H groups in total. The number of ether oxygens (including phenoxy) is 1. The molecule has 306 valence electrons. The average Bonchev–Trinajstić information content (AvgIpc) is 4.04. The van der Waals surface area contributed by atoms with Gasteiger partial charge in [-0.1, -0.05) is 109 Å². The number of hydrogen-bond acceptors (Lipinski definition) is 6. The summed E-state index contributed by atoms with van der Waals surface area (Å²) in [6.45, 7) is 10.3. The molecule has 2 aliphatic heterocycles. The second-order valence-corrected chi connectivity index (χ2v) is 16.6. The molecule has 2 fully saturated rings. The maximum atomic E-state index is 14.0. The van der Waals surface area contributed by atoms with E-state index in [0.29, 0.717) is 24.9 Å².